The number of alkyl halides is 3. The molecule has 7 nitrogen and oxygen atoms in total. The van der Waals surface area contributed by atoms with E-state index < -0.39 is 29.7 Å². The van der Waals surface area contributed by atoms with Gasteiger partial charge < -0.3 is 15.3 Å². The summed E-state index contributed by atoms with van der Waals surface area (Å²) in [6.07, 6.45) is 3.50. The molecule has 10 heteroatoms. The summed E-state index contributed by atoms with van der Waals surface area (Å²) in [4.78, 5) is 27.0. The average molecular weight is 521 g/mol. The molecule has 2 N–H and O–H groups in total. The van der Waals surface area contributed by atoms with E-state index in [-0.39, 0.29) is 29.4 Å². The third kappa shape index (κ3) is 7.12. The summed E-state index contributed by atoms with van der Waals surface area (Å²) in [6.45, 7) is 2.92. The van der Waals surface area contributed by atoms with Gasteiger partial charge in [-0.15, -0.1) is 0 Å². The molecular weight excluding hydrogens is 485 g/mol. The molecule has 37 heavy (non-hydrogen) atoms. The van der Waals surface area contributed by atoms with Crippen LogP contribution in [0.3, 0.4) is 0 Å². The van der Waals surface area contributed by atoms with Crippen LogP contribution in [0.1, 0.15) is 86.3 Å². The molecule has 2 heterocycles. The third-order valence-electron chi connectivity index (χ3n) is 7.38. The number of nitrogens with one attached hydrogen (secondary N) is 1. The number of amides is 1. The molecule has 1 aliphatic carbocycles. The molecule has 0 bridgehead atoms. The van der Waals surface area contributed by atoms with E-state index >= 15 is 0 Å². The Morgan fingerprint density at radius 1 is 1.08 bits per heavy atom. The van der Waals surface area contributed by atoms with Gasteiger partial charge >= 0.3 is 12.1 Å². The van der Waals surface area contributed by atoms with Crippen molar-refractivity contribution in [1.29, 1.82) is 0 Å². The van der Waals surface area contributed by atoms with E-state index in [0.717, 1.165) is 57.8 Å². The third-order valence-corrected chi connectivity index (χ3v) is 7.38. The maximum atomic E-state index is 13.8. The fraction of sp³-hybridized carbons (Fsp3) is 0.593. The molecule has 1 aliphatic heterocycles. The maximum Gasteiger partial charge on any atom is 0.417 e. The minimum atomic E-state index is -4.55. The smallest absolute Gasteiger partial charge is 0.417 e. The summed E-state index contributed by atoms with van der Waals surface area (Å²) in [5.74, 6) is -1.58. The van der Waals surface area contributed by atoms with Crippen LogP contribution in [-0.2, 0) is 11.0 Å². The number of carboxylic acids is 1. The highest BCUT2D eigenvalue weighted by Gasteiger charge is 2.35. The van der Waals surface area contributed by atoms with Crippen molar-refractivity contribution in [2.24, 2.45) is 0 Å². The van der Waals surface area contributed by atoms with Gasteiger partial charge in [0.1, 0.15) is 0 Å². The van der Waals surface area contributed by atoms with E-state index in [1.165, 1.54) is 37.5 Å². The summed E-state index contributed by atoms with van der Waals surface area (Å²) in [5.41, 5.74) is -0.533. The molecule has 202 valence electrons. The zero-order valence-corrected chi connectivity index (χ0v) is 21.0. The number of carboxylic acid groups (broad SMARTS) is 1. The highest BCUT2D eigenvalue weighted by molar-refractivity contribution is 5.94. The number of benzene rings is 1. The van der Waals surface area contributed by atoms with Crippen molar-refractivity contribution in [1.82, 2.24) is 20.0 Å². The van der Waals surface area contributed by atoms with Crippen LogP contribution in [0.2, 0.25) is 0 Å². The number of hydrogen-bond acceptors (Lipinski definition) is 4. The molecule has 0 spiro atoms. The summed E-state index contributed by atoms with van der Waals surface area (Å²) >= 11 is 0. The minimum absolute atomic E-state index is 0.00490. The van der Waals surface area contributed by atoms with Crippen LogP contribution in [0, 0.1) is 0 Å². The molecule has 0 unspecified atom stereocenters. The van der Waals surface area contributed by atoms with Crippen LogP contribution in [0.5, 0.6) is 0 Å². The molecule has 1 aromatic carbocycles. The number of piperidine rings is 1. The number of carbonyl (C=O) groups excluding carboxylic acids is 1. The quantitative estimate of drug-likeness (QED) is 0.431. The van der Waals surface area contributed by atoms with Crippen LogP contribution in [-0.4, -0.2) is 57.3 Å². The first-order valence-electron chi connectivity index (χ1n) is 13.2. The number of carbonyl (C=O) groups is 2. The van der Waals surface area contributed by atoms with Gasteiger partial charge in [0.05, 0.1) is 23.7 Å². The number of likely N-dealkylation sites (tertiary alicyclic amines) is 1. The van der Waals surface area contributed by atoms with Crippen LogP contribution >= 0.6 is 0 Å². The summed E-state index contributed by atoms with van der Waals surface area (Å²) in [5, 5.41) is 16.6. The Morgan fingerprint density at radius 3 is 2.46 bits per heavy atom. The predicted octanol–water partition coefficient (Wildman–Crippen LogP) is 5.52. The molecule has 2 aromatic rings. The predicted molar refractivity (Wildman–Crippen MR) is 133 cm³/mol. The van der Waals surface area contributed by atoms with Crippen molar-refractivity contribution in [3.05, 3.63) is 41.6 Å². The van der Waals surface area contributed by atoms with Crippen molar-refractivity contribution in [3.63, 3.8) is 0 Å². The highest BCUT2D eigenvalue weighted by Crippen LogP contribution is 2.40. The second-order valence-electron chi connectivity index (χ2n) is 10.2. The van der Waals surface area contributed by atoms with Crippen LogP contribution in [0.15, 0.2) is 30.3 Å². The lowest BCUT2D eigenvalue weighted by molar-refractivity contribution is -0.138. The Kier molecular flexibility index (Phi) is 8.89. The van der Waals surface area contributed by atoms with Gasteiger partial charge in [0.25, 0.3) is 5.91 Å². The van der Waals surface area contributed by atoms with Crippen LogP contribution in [0.4, 0.5) is 13.2 Å². The Labute approximate surface area is 215 Å². The van der Waals surface area contributed by atoms with Crippen molar-refractivity contribution in [2.45, 2.75) is 82.5 Å². The normalized spacial score (nSPS) is 18.1. The molecule has 1 saturated carbocycles. The SMILES string of the molecule is O=C(O)C[C@H](CCCN1CCCCC1)NC(=O)c1cc(-c2ccccc2C(F)(F)F)n(C2CCCC2)n1. The van der Waals surface area contributed by atoms with Crippen molar-refractivity contribution < 1.29 is 27.9 Å². The summed E-state index contributed by atoms with van der Waals surface area (Å²) in [6, 6.07) is 6.06. The first-order valence-corrected chi connectivity index (χ1v) is 13.2. The number of halogens is 3. The van der Waals surface area contributed by atoms with Gasteiger partial charge in [-0.1, -0.05) is 37.5 Å². The van der Waals surface area contributed by atoms with Crippen molar-refractivity contribution in [2.75, 3.05) is 19.6 Å². The number of nitrogens with zero attached hydrogens (tertiary/aromatic N) is 3. The van der Waals surface area contributed by atoms with E-state index in [2.05, 4.69) is 15.3 Å². The van der Waals surface area contributed by atoms with Gasteiger partial charge in [0.2, 0.25) is 0 Å². The zero-order chi connectivity index (χ0) is 26.4. The number of aliphatic carboxylic acids is 1. The molecule has 0 radical (unpaired) electrons. The number of hydrogen-bond donors (Lipinski definition) is 2. The monoisotopic (exact) mass is 520 g/mol. The fourth-order valence-corrected chi connectivity index (χ4v) is 5.53. The van der Waals surface area contributed by atoms with E-state index in [1.807, 2.05) is 0 Å². The first kappa shape index (κ1) is 27.2. The van der Waals surface area contributed by atoms with Crippen LogP contribution in [0.25, 0.3) is 11.3 Å². The van der Waals surface area contributed by atoms with E-state index in [4.69, 9.17) is 0 Å². The second kappa shape index (κ2) is 12.1. The first-order chi connectivity index (χ1) is 17.7. The summed E-state index contributed by atoms with van der Waals surface area (Å²) < 4.78 is 42.9. The van der Waals surface area contributed by atoms with Crippen molar-refractivity contribution in [3.8, 4) is 11.3 Å². The largest absolute Gasteiger partial charge is 0.481 e. The molecule has 2 aliphatic rings. The Bertz CT molecular complexity index is 1070. The van der Waals surface area contributed by atoms with E-state index in [0.29, 0.717) is 6.42 Å². The molecule has 2 fully saturated rings. The Morgan fingerprint density at radius 2 is 1.78 bits per heavy atom. The standard InChI is InChI=1S/C27H35F3N4O3/c28-27(29,30)22-13-5-4-12-21(22)24-18-23(32-34(24)20-10-2-3-11-20)26(37)31-19(17-25(35)36)9-8-16-33-14-6-1-7-15-33/h4-5,12-13,18-20H,1-3,6-11,14-17H2,(H,31,37)(H,35,36)/t19-/m0/s1. The van der Waals surface area contributed by atoms with Crippen molar-refractivity contribution >= 4 is 11.9 Å². The lowest BCUT2D eigenvalue weighted by atomic mass is 10.0. The lowest BCUT2D eigenvalue weighted by Crippen LogP contribution is -2.38. The van der Waals surface area contributed by atoms with E-state index in [9.17, 15) is 27.9 Å². The Balaban J connectivity index is 1.54. The van der Waals surface area contributed by atoms with Gasteiger partial charge in [-0.2, -0.15) is 18.3 Å². The van der Waals surface area contributed by atoms with Crippen LogP contribution < -0.4 is 5.32 Å². The average Bonchev–Trinajstić information content (AvgIpc) is 3.54. The van der Waals surface area contributed by atoms with Gasteiger partial charge in [-0.05, 0) is 70.3 Å². The molecule has 1 atom stereocenters. The van der Waals surface area contributed by atoms with Gasteiger partial charge in [-0.25, -0.2) is 0 Å². The molecular formula is C27H35F3N4O3. The zero-order valence-electron chi connectivity index (χ0n) is 21.0. The minimum Gasteiger partial charge on any atom is -0.481 e. The number of aromatic nitrogens is 2. The lowest BCUT2D eigenvalue weighted by Gasteiger charge is -2.27. The van der Waals surface area contributed by atoms with Gasteiger partial charge in [0, 0.05) is 11.6 Å². The molecule has 1 amide bonds. The number of rotatable bonds is 10. The highest BCUT2D eigenvalue weighted by atomic mass is 19.4. The molecule has 1 saturated heterocycles. The fourth-order valence-electron chi connectivity index (χ4n) is 5.53. The summed E-state index contributed by atoms with van der Waals surface area (Å²) in [7, 11) is 0. The van der Waals surface area contributed by atoms with Gasteiger partial charge in [-0.3, -0.25) is 14.3 Å². The maximum absolute atomic E-state index is 13.8. The Hall–Kier alpha value is -2.88. The molecule has 4 rings (SSSR count). The topological polar surface area (TPSA) is 87.5 Å². The van der Waals surface area contributed by atoms with Gasteiger partial charge in [0.15, 0.2) is 5.69 Å². The van der Waals surface area contributed by atoms with E-state index in [1.54, 1.807) is 10.7 Å². The molecule has 1 aromatic heterocycles. The second-order valence-corrected chi connectivity index (χ2v) is 10.2.